The molecule has 0 heterocycles. The van der Waals surface area contributed by atoms with Gasteiger partial charge in [0.1, 0.15) is 0 Å². The lowest BCUT2D eigenvalue weighted by atomic mass is 10.4. The molecule has 20 heavy (non-hydrogen) atoms. The van der Waals surface area contributed by atoms with E-state index in [0.29, 0.717) is 5.02 Å². The van der Waals surface area contributed by atoms with Crippen molar-refractivity contribution in [3.05, 3.63) is 71.1 Å². The Kier molecular flexibility index (Phi) is 6.05. The summed E-state index contributed by atoms with van der Waals surface area (Å²) in [7, 11) is 0. The minimum absolute atomic E-state index is 0.154. The van der Waals surface area contributed by atoms with Crippen LogP contribution in [0.15, 0.2) is 75.9 Å². The van der Waals surface area contributed by atoms with Crippen LogP contribution in [0, 0.1) is 0 Å². The number of carbonyl (C=O) groups excluding carboxylic acids is 1. The molecule has 2 aromatic carbocycles. The minimum atomic E-state index is -0.154. The van der Waals surface area contributed by atoms with E-state index < -0.39 is 0 Å². The number of halogens is 1. The van der Waals surface area contributed by atoms with Crippen LogP contribution >= 0.6 is 35.3 Å². The Morgan fingerprint density at radius 2 is 1.75 bits per heavy atom. The summed E-state index contributed by atoms with van der Waals surface area (Å²) >= 11 is 8.73. The fraction of sp³-hybridized carbons (Fsp3) is 0. The number of carbonyl (C=O) groups is 1. The van der Waals surface area contributed by atoms with Gasteiger partial charge in [-0.2, -0.15) is 0 Å². The zero-order valence-electron chi connectivity index (χ0n) is 10.5. The van der Waals surface area contributed by atoms with Crippen molar-refractivity contribution in [2.75, 3.05) is 0 Å². The van der Waals surface area contributed by atoms with Crippen LogP contribution < -0.4 is 4.72 Å². The fourth-order valence-electron chi connectivity index (χ4n) is 1.34. The van der Waals surface area contributed by atoms with Crippen LogP contribution in [0.1, 0.15) is 0 Å². The van der Waals surface area contributed by atoms with Crippen LogP contribution in [0.5, 0.6) is 0 Å². The molecule has 2 nitrogen and oxygen atoms in total. The van der Waals surface area contributed by atoms with E-state index in [2.05, 4.69) is 4.72 Å². The lowest BCUT2D eigenvalue weighted by molar-refractivity contribution is -0.114. The molecule has 1 amide bonds. The molecule has 2 rings (SSSR count). The average Bonchev–Trinajstić information content (AvgIpc) is 2.48. The number of hydrogen-bond donors (Lipinski definition) is 1. The Morgan fingerprint density at radius 1 is 1.05 bits per heavy atom. The molecule has 0 spiro atoms. The largest absolute Gasteiger partial charge is 0.292 e. The summed E-state index contributed by atoms with van der Waals surface area (Å²) < 4.78 is 2.74. The number of amides is 1. The first kappa shape index (κ1) is 15.0. The van der Waals surface area contributed by atoms with Gasteiger partial charge in [0.2, 0.25) is 0 Å². The molecule has 5 heteroatoms. The zero-order valence-corrected chi connectivity index (χ0v) is 12.8. The predicted molar refractivity (Wildman–Crippen MR) is 86.9 cm³/mol. The molecular weight excluding hydrogens is 310 g/mol. The van der Waals surface area contributed by atoms with Crippen molar-refractivity contribution in [1.82, 2.24) is 4.72 Å². The fourth-order valence-corrected chi connectivity index (χ4v) is 2.87. The number of benzene rings is 2. The topological polar surface area (TPSA) is 29.1 Å². The molecule has 0 bridgehead atoms. The van der Waals surface area contributed by atoms with Gasteiger partial charge in [-0.25, -0.2) is 0 Å². The third-order valence-electron chi connectivity index (χ3n) is 2.26. The molecule has 0 saturated carbocycles. The Balaban J connectivity index is 1.80. The van der Waals surface area contributed by atoms with Gasteiger partial charge in [0, 0.05) is 15.9 Å². The van der Waals surface area contributed by atoms with Gasteiger partial charge in [0.15, 0.2) is 0 Å². The third-order valence-corrected chi connectivity index (χ3v) is 4.40. The van der Waals surface area contributed by atoms with Crippen molar-refractivity contribution >= 4 is 41.2 Å². The molecule has 0 aliphatic heterocycles. The van der Waals surface area contributed by atoms with Gasteiger partial charge >= 0.3 is 0 Å². The van der Waals surface area contributed by atoms with Gasteiger partial charge in [0.25, 0.3) is 5.91 Å². The molecule has 0 aromatic heterocycles. The summed E-state index contributed by atoms with van der Waals surface area (Å²) in [6, 6.07) is 17.2. The van der Waals surface area contributed by atoms with Gasteiger partial charge in [0.05, 0.1) is 5.02 Å². The van der Waals surface area contributed by atoms with Crippen molar-refractivity contribution in [3.63, 3.8) is 0 Å². The second-order valence-electron chi connectivity index (χ2n) is 3.73. The zero-order chi connectivity index (χ0) is 14.2. The highest BCUT2D eigenvalue weighted by Crippen LogP contribution is 2.27. The standard InChI is InChI=1S/C15H12ClNOS2/c16-13-8-4-5-9-14(13)19-11-10-15(18)17-20-12-6-2-1-3-7-12/h1-11H,(H,17,18)/b11-10+. The van der Waals surface area contributed by atoms with Crippen molar-refractivity contribution in [2.45, 2.75) is 9.79 Å². The molecule has 0 aliphatic rings. The number of nitrogens with one attached hydrogen (secondary N) is 1. The monoisotopic (exact) mass is 321 g/mol. The van der Waals surface area contributed by atoms with Crippen LogP contribution in [0.4, 0.5) is 0 Å². The second-order valence-corrected chi connectivity index (χ2v) is 5.97. The first-order valence-electron chi connectivity index (χ1n) is 5.85. The van der Waals surface area contributed by atoms with Crippen LogP contribution in [0.3, 0.4) is 0 Å². The van der Waals surface area contributed by atoms with E-state index >= 15 is 0 Å². The van der Waals surface area contributed by atoms with Crippen molar-refractivity contribution in [3.8, 4) is 0 Å². The summed E-state index contributed by atoms with van der Waals surface area (Å²) in [6.07, 6.45) is 1.49. The van der Waals surface area contributed by atoms with Crippen molar-refractivity contribution < 1.29 is 4.79 Å². The van der Waals surface area contributed by atoms with Crippen LogP contribution in [0.25, 0.3) is 0 Å². The Morgan fingerprint density at radius 3 is 2.50 bits per heavy atom. The Hall–Kier alpha value is -1.36. The molecule has 2 aromatic rings. The molecule has 0 fully saturated rings. The third kappa shape index (κ3) is 4.96. The molecular formula is C15H12ClNOS2. The van der Waals surface area contributed by atoms with E-state index in [1.807, 2.05) is 54.6 Å². The Bertz CT molecular complexity index is 602. The van der Waals surface area contributed by atoms with Crippen molar-refractivity contribution in [2.24, 2.45) is 0 Å². The lowest BCUT2D eigenvalue weighted by Gasteiger charge is -2.01. The van der Waals surface area contributed by atoms with E-state index in [1.165, 1.54) is 29.8 Å². The van der Waals surface area contributed by atoms with Gasteiger partial charge in [-0.3, -0.25) is 9.52 Å². The normalized spacial score (nSPS) is 10.7. The summed E-state index contributed by atoms with van der Waals surface area (Å²) in [5.74, 6) is -0.154. The van der Waals surface area contributed by atoms with Gasteiger partial charge < -0.3 is 0 Å². The SMILES string of the molecule is O=C(/C=C/Sc1ccccc1Cl)NSc1ccccc1. The first-order valence-corrected chi connectivity index (χ1v) is 7.93. The maximum atomic E-state index is 11.6. The van der Waals surface area contributed by atoms with Crippen LogP contribution in [-0.2, 0) is 4.79 Å². The molecule has 0 aliphatic carbocycles. The quantitative estimate of drug-likeness (QED) is 0.488. The lowest BCUT2D eigenvalue weighted by Crippen LogP contribution is -2.11. The summed E-state index contributed by atoms with van der Waals surface area (Å²) in [4.78, 5) is 13.5. The van der Waals surface area contributed by atoms with Gasteiger partial charge in [-0.15, -0.1) is 0 Å². The number of rotatable bonds is 5. The summed E-state index contributed by atoms with van der Waals surface area (Å²) in [6.45, 7) is 0. The molecule has 0 atom stereocenters. The number of thioether (sulfide) groups is 1. The van der Waals surface area contributed by atoms with Crippen molar-refractivity contribution in [1.29, 1.82) is 0 Å². The maximum Gasteiger partial charge on any atom is 0.254 e. The first-order chi connectivity index (χ1) is 9.75. The highest BCUT2D eigenvalue weighted by atomic mass is 35.5. The highest BCUT2D eigenvalue weighted by Gasteiger charge is 1.99. The summed E-state index contributed by atoms with van der Waals surface area (Å²) in [5.41, 5.74) is 0. The molecule has 1 N–H and O–H groups in total. The molecule has 0 saturated heterocycles. The predicted octanol–water partition coefficient (Wildman–Crippen LogP) is 4.77. The molecule has 0 radical (unpaired) electrons. The number of hydrogen-bond acceptors (Lipinski definition) is 3. The summed E-state index contributed by atoms with van der Waals surface area (Å²) in [5, 5.41) is 2.41. The van der Waals surface area contributed by atoms with E-state index in [9.17, 15) is 4.79 Å². The van der Waals surface area contributed by atoms with Crippen LogP contribution in [0.2, 0.25) is 5.02 Å². The Labute approximate surface area is 131 Å². The molecule has 0 unspecified atom stereocenters. The van der Waals surface area contributed by atoms with Gasteiger partial charge in [-0.05, 0) is 41.6 Å². The second kappa shape index (κ2) is 8.04. The molecule has 102 valence electrons. The van der Waals surface area contributed by atoms with E-state index in [0.717, 1.165) is 9.79 Å². The van der Waals surface area contributed by atoms with E-state index in [4.69, 9.17) is 11.6 Å². The highest BCUT2D eigenvalue weighted by molar-refractivity contribution is 8.02. The van der Waals surface area contributed by atoms with Crippen LogP contribution in [-0.4, -0.2) is 5.91 Å². The average molecular weight is 322 g/mol. The smallest absolute Gasteiger partial charge is 0.254 e. The maximum absolute atomic E-state index is 11.6. The van der Waals surface area contributed by atoms with Gasteiger partial charge in [-0.1, -0.05) is 53.7 Å². The van der Waals surface area contributed by atoms with E-state index in [1.54, 1.807) is 5.41 Å². The minimum Gasteiger partial charge on any atom is -0.292 e. The van der Waals surface area contributed by atoms with E-state index in [-0.39, 0.29) is 5.91 Å².